The van der Waals surface area contributed by atoms with Crippen LogP contribution in [0.15, 0.2) is 12.3 Å². The largest absolute Gasteiger partial charge is 0.279 e. The van der Waals surface area contributed by atoms with Gasteiger partial charge in [0, 0.05) is 25.2 Å². The molecule has 0 spiro atoms. The standard InChI is InChI=1S/C13H16N4O2/c1-9-11-7-10(8-14-12(11)16(2)15-9)13(18)17-5-3-4-6-19-17/h7-8H,3-6H2,1-2H3. The number of aromatic nitrogens is 3. The number of carbonyl (C=O) groups excluding carboxylic acids is 1. The van der Waals surface area contributed by atoms with Gasteiger partial charge in [0.15, 0.2) is 5.65 Å². The Morgan fingerprint density at radius 2 is 2.26 bits per heavy atom. The van der Waals surface area contributed by atoms with E-state index in [1.807, 2.05) is 20.0 Å². The summed E-state index contributed by atoms with van der Waals surface area (Å²) < 4.78 is 1.72. The molecule has 1 amide bonds. The second-order valence-corrected chi connectivity index (χ2v) is 4.75. The summed E-state index contributed by atoms with van der Waals surface area (Å²) in [6, 6.07) is 1.84. The molecule has 19 heavy (non-hydrogen) atoms. The van der Waals surface area contributed by atoms with Crippen molar-refractivity contribution in [3.63, 3.8) is 0 Å². The fourth-order valence-corrected chi connectivity index (χ4v) is 2.33. The Kier molecular flexibility index (Phi) is 2.94. The monoisotopic (exact) mass is 260 g/mol. The van der Waals surface area contributed by atoms with Crippen LogP contribution in [0.2, 0.25) is 0 Å². The number of nitrogens with zero attached hydrogens (tertiary/aromatic N) is 4. The van der Waals surface area contributed by atoms with E-state index in [-0.39, 0.29) is 5.91 Å². The van der Waals surface area contributed by atoms with E-state index in [4.69, 9.17) is 4.84 Å². The molecule has 0 aromatic carbocycles. The topological polar surface area (TPSA) is 60.2 Å². The average Bonchev–Trinajstić information content (AvgIpc) is 2.74. The molecule has 6 heteroatoms. The number of rotatable bonds is 1. The van der Waals surface area contributed by atoms with E-state index in [1.165, 1.54) is 5.06 Å². The predicted molar refractivity (Wildman–Crippen MR) is 69.5 cm³/mol. The van der Waals surface area contributed by atoms with Gasteiger partial charge >= 0.3 is 0 Å². The van der Waals surface area contributed by atoms with Gasteiger partial charge in [-0.2, -0.15) is 5.10 Å². The van der Waals surface area contributed by atoms with Crippen molar-refractivity contribution in [3.8, 4) is 0 Å². The van der Waals surface area contributed by atoms with Gasteiger partial charge in [-0.25, -0.2) is 10.0 Å². The van der Waals surface area contributed by atoms with Gasteiger partial charge in [-0.05, 0) is 25.8 Å². The van der Waals surface area contributed by atoms with Crippen molar-refractivity contribution in [2.45, 2.75) is 19.8 Å². The molecule has 0 bridgehead atoms. The van der Waals surface area contributed by atoms with Crippen LogP contribution in [0.1, 0.15) is 28.9 Å². The minimum atomic E-state index is -0.127. The van der Waals surface area contributed by atoms with Gasteiger partial charge < -0.3 is 0 Å². The number of aryl methyl sites for hydroxylation is 2. The highest BCUT2D eigenvalue weighted by atomic mass is 16.7. The molecule has 1 saturated heterocycles. The summed E-state index contributed by atoms with van der Waals surface area (Å²) in [4.78, 5) is 22.0. The summed E-state index contributed by atoms with van der Waals surface area (Å²) in [5, 5.41) is 6.64. The molecule has 3 rings (SSSR count). The van der Waals surface area contributed by atoms with Crippen molar-refractivity contribution in [3.05, 3.63) is 23.5 Å². The van der Waals surface area contributed by atoms with E-state index in [1.54, 1.807) is 10.9 Å². The van der Waals surface area contributed by atoms with Crippen LogP contribution in [-0.2, 0) is 11.9 Å². The zero-order valence-corrected chi connectivity index (χ0v) is 11.1. The second-order valence-electron chi connectivity index (χ2n) is 4.75. The summed E-state index contributed by atoms with van der Waals surface area (Å²) in [6.07, 6.45) is 3.57. The maximum Gasteiger partial charge on any atom is 0.279 e. The molecule has 0 unspecified atom stereocenters. The zero-order chi connectivity index (χ0) is 13.4. The van der Waals surface area contributed by atoms with E-state index in [0.717, 1.165) is 29.6 Å². The fraction of sp³-hybridized carbons (Fsp3) is 0.462. The number of amides is 1. The summed E-state index contributed by atoms with van der Waals surface area (Å²) in [5.41, 5.74) is 2.21. The SMILES string of the molecule is Cc1nn(C)c2ncc(C(=O)N3CCCCO3)cc12. The van der Waals surface area contributed by atoms with Crippen molar-refractivity contribution < 1.29 is 9.63 Å². The molecule has 6 nitrogen and oxygen atoms in total. The van der Waals surface area contributed by atoms with E-state index in [0.29, 0.717) is 18.7 Å². The molecule has 0 atom stereocenters. The maximum atomic E-state index is 12.3. The van der Waals surface area contributed by atoms with Gasteiger partial charge in [-0.3, -0.25) is 14.3 Å². The molecule has 2 aromatic rings. The van der Waals surface area contributed by atoms with Gasteiger partial charge in [0.1, 0.15) is 0 Å². The smallest absolute Gasteiger partial charge is 0.271 e. The highest BCUT2D eigenvalue weighted by molar-refractivity contribution is 5.96. The third-order valence-electron chi connectivity index (χ3n) is 3.34. The van der Waals surface area contributed by atoms with E-state index < -0.39 is 0 Å². The van der Waals surface area contributed by atoms with Gasteiger partial charge in [0.2, 0.25) is 0 Å². The van der Waals surface area contributed by atoms with Gasteiger partial charge in [0.05, 0.1) is 17.9 Å². The van der Waals surface area contributed by atoms with E-state index >= 15 is 0 Å². The Bertz CT molecular complexity index is 629. The lowest BCUT2D eigenvalue weighted by molar-refractivity contribution is -0.144. The van der Waals surface area contributed by atoms with Crippen LogP contribution < -0.4 is 0 Å². The average molecular weight is 260 g/mol. The molecular formula is C13H16N4O2. The number of pyridine rings is 1. The van der Waals surface area contributed by atoms with Crippen LogP contribution in [0, 0.1) is 6.92 Å². The Morgan fingerprint density at radius 3 is 3.00 bits per heavy atom. The van der Waals surface area contributed by atoms with Gasteiger partial charge in [-0.1, -0.05) is 0 Å². The van der Waals surface area contributed by atoms with Crippen LogP contribution in [0.25, 0.3) is 11.0 Å². The normalized spacial score (nSPS) is 16.0. The van der Waals surface area contributed by atoms with Crippen molar-refractivity contribution in [1.29, 1.82) is 0 Å². The predicted octanol–water partition coefficient (Wildman–Crippen LogP) is 1.44. The number of hydrogen-bond acceptors (Lipinski definition) is 4. The van der Waals surface area contributed by atoms with E-state index in [2.05, 4.69) is 10.1 Å². The molecule has 1 aliphatic rings. The van der Waals surface area contributed by atoms with Gasteiger partial charge in [0.25, 0.3) is 5.91 Å². The third kappa shape index (κ3) is 2.08. The Hall–Kier alpha value is -1.95. The maximum absolute atomic E-state index is 12.3. The Morgan fingerprint density at radius 1 is 1.42 bits per heavy atom. The first-order valence-electron chi connectivity index (χ1n) is 6.41. The van der Waals surface area contributed by atoms with Crippen LogP contribution in [-0.4, -0.2) is 38.9 Å². The number of hydrogen-bond donors (Lipinski definition) is 0. The zero-order valence-electron chi connectivity index (χ0n) is 11.1. The fourth-order valence-electron chi connectivity index (χ4n) is 2.33. The number of fused-ring (bicyclic) bond motifs is 1. The number of carbonyl (C=O) groups is 1. The lowest BCUT2D eigenvalue weighted by Gasteiger charge is -2.25. The molecule has 0 N–H and O–H groups in total. The summed E-state index contributed by atoms with van der Waals surface area (Å²) in [6.45, 7) is 3.16. The lowest BCUT2D eigenvalue weighted by atomic mass is 10.2. The molecule has 0 saturated carbocycles. The Balaban J connectivity index is 1.96. The Labute approximate surface area is 110 Å². The quantitative estimate of drug-likeness (QED) is 0.778. The molecule has 2 aromatic heterocycles. The third-order valence-corrected chi connectivity index (χ3v) is 3.34. The number of hydroxylamine groups is 2. The van der Waals surface area contributed by atoms with Crippen molar-refractivity contribution >= 4 is 16.9 Å². The van der Waals surface area contributed by atoms with Crippen LogP contribution in [0.4, 0.5) is 0 Å². The van der Waals surface area contributed by atoms with Crippen LogP contribution in [0.5, 0.6) is 0 Å². The summed E-state index contributed by atoms with van der Waals surface area (Å²) in [7, 11) is 1.84. The minimum absolute atomic E-state index is 0.127. The van der Waals surface area contributed by atoms with Gasteiger partial charge in [-0.15, -0.1) is 0 Å². The molecule has 0 aliphatic carbocycles. The highest BCUT2D eigenvalue weighted by Gasteiger charge is 2.20. The van der Waals surface area contributed by atoms with Crippen LogP contribution in [0.3, 0.4) is 0 Å². The summed E-state index contributed by atoms with van der Waals surface area (Å²) >= 11 is 0. The van der Waals surface area contributed by atoms with Crippen LogP contribution >= 0.6 is 0 Å². The van der Waals surface area contributed by atoms with Crippen molar-refractivity contribution in [2.75, 3.05) is 13.2 Å². The second kappa shape index (κ2) is 4.62. The molecule has 1 aliphatic heterocycles. The van der Waals surface area contributed by atoms with E-state index in [9.17, 15) is 4.79 Å². The summed E-state index contributed by atoms with van der Waals surface area (Å²) in [5.74, 6) is -0.127. The first-order valence-corrected chi connectivity index (χ1v) is 6.41. The lowest BCUT2D eigenvalue weighted by Crippen LogP contribution is -2.35. The van der Waals surface area contributed by atoms with Crippen molar-refractivity contribution in [2.24, 2.45) is 7.05 Å². The first-order chi connectivity index (χ1) is 9.16. The molecule has 3 heterocycles. The molecule has 1 fully saturated rings. The molecule has 100 valence electrons. The van der Waals surface area contributed by atoms with Crippen molar-refractivity contribution in [1.82, 2.24) is 19.8 Å². The molecular weight excluding hydrogens is 244 g/mol. The molecule has 0 radical (unpaired) electrons. The minimum Gasteiger partial charge on any atom is -0.271 e. The first kappa shape index (κ1) is 12.1. The highest BCUT2D eigenvalue weighted by Crippen LogP contribution is 2.18.